The zero-order valence-electron chi connectivity index (χ0n) is 11.5. The van der Waals surface area contributed by atoms with Crippen molar-refractivity contribution in [3.63, 3.8) is 0 Å². The molecule has 0 aliphatic carbocycles. The van der Waals surface area contributed by atoms with Gasteiger partial charge in [0.25, 0.3) is 5.91 Å². The van der Waals surface area contributed by atoms with Gasteiger partial charge >= 0.3 is 0 Å². The van der Waals surface area contributed by atoms with Gasteiger partial charge in [0.1, 0.15) is 11.5 Å². The van der Waals surface area contributed by atoms with Crippen LogP contribution in [0.25, 0.3) is 10.9 Å². The molecule has 1 aromatic heterocycles. The molecule has 2 aromatic rings. The molecular weight excluding hydrogens is 255 g/mol. The number of hydrogen-bond donors (Lipinski definition) is 1. The fourth-order valence-electron chi connectivity index (χ4n) is 2.80. The summed E-state index contributed by atoms with van der Waals surface area (Å²) in [6.07, 6.45) is 1.94. The number of aryl methyl sites for hydroxylation is 1. The van der Waals surface area contributed by atoms with E-state index in [9.17, 15) is 9.18 Å². The lowest BCUT2D eigenvalue weighted by atomic mass is 10.1. The van der Waals surface area contributed by atoms with Gasteiger partial charge in [-0.15, -0.1) is 0 Å². The molecular formula is C16H17FN2O. The van der Waals surface area contributed by atoms with E-state index in [-0.39, 0.29) is 11.7 Å². The molecule has 3 rings (SSSR count). The molecule has 1 aromatic carbocycles. The van der Waals surface area contributed by atoms with Crippen LogP contribution in [-0.4, -0.2) is 28.9 Å². The minimum absolute atomic E-state index is 0.0278. The molecule has 2 heterocycles. The van der Waals surface area contributed by atoms with Crippen molar-refractivity contribution in [2.45, 2.75) is 19.8 Å². The van der Waals surface area contributed by atoms with E-state index in [0.717, 1.165) is 35.9 Å². The number of carbonyl (C=O) groups is 1. The van der Waals surface area contributed by atoms with Gasteiger partial charge in [0, 0.05) is 24.0 Å². The number of nitrogens with zero attached hydrogens (tertiary/aromatic N) is 1. The van der Waals surface area contributed by atoms with Gasteiger partial charge < -0.3 is 9.88 Å². The van der Waals surface area contributed by atoms with E-state index in [1.165, 1.54) is 12.1 Å². The number of fused-ring (bicyclic) bond motifs is 1. The van der Waals surface area contributed by atoms with Gasteiger partial charge in [-0.2, -0.15) is 0 Å². The maximum absolute atomic E-state index is 13.3. The molecule has 1 aliphatic heterocycles. The molecule has 1 fully saturated rings. The normalized spacial score (nSPS) is 15.9. The SMILES string of the molecule is C=C1CCCN(C(=O)c2[nH]c3cc(F)ccc3c2C)C1. The third-order valence-electron chi connectivity index (χ3n) is 3.89. The van der Waals surface area contributed by atoms with Crippen molar-refractivity contribution in [2.24, 2.45) is 0 Å². The molecule has 20 heavy (non-hydrogen) atoms. The van der Waals surface area contributed by atoms with Crippen molar-refractivity contribution in [1.82, 2.24) is 9.88 Å². The van der Waals surface area contributed by atoms with Gasteiger partial charge in [0.15, 0.2) is 0 Å². The van der Waals surface area contributed by atoms with Gasteiger partial charge in [0.05, 0.1) is 0 Å². The van der Waals surface area contributed by atoms with Gasteiger partial charge in [-0.1, -0.05) is 12.2 Å². The fourth-order valence-corrected chi connectivity index (χ4v) is 2.80. The summed E-state index contributed by atoms with van der Waals surface area (Å²) < 4.78 is 13.3. The number of rotatable bonds is 1. The zero-order valence-corrected chi connectivity index (χ0v) is 11.5. The van der Waals surface area contributed by atoms with E-state index in [1.807, 2.05) is 6.92 Å². The van der Waals surface area contributed by atoms with Crippen LogP contribution in [0.2, 0.25) is 0 Å². The molecule has 1 N–H and O–H groups in total. The number of hydrogen-bond acceptors (Lipinski definition) is 1. The Hall–Kier alpha value is -2.10. The molecule has 3 nitrogen and oxygen atoms in total. The number of H-pyrrole nitrogens is 1. The fraction of sp³-hybridized carbons (Fsp3) is 0.312. The zero-order chi connectivity index (χ0) is 14.3. The van der Waals surface area contributed by atoms with Crippen LogP contribution in [-0.2, 0) is 0 Å². The van der Waals surface area contributed by atoms with E-state index >= 15 is 0 Å². The monoisotopic (exact) mass is 272 g/mol. The summed E-state index contributed by atoms with van der Waals surface area (Å²) in [5, 5.41) is 0.894. The molecule has 1 amide bonds. The van der Waals surface area contributed by atoms with E-state index < -0.39 is 0 Å². The van der Waals surface area contributed by atoms with Crippen molar-refractivity contribution in [3.8, 4) is 0 Å². The van der Waals surface area contributed by atoms with Crippen LogP contribution in [0.1, 0.15) is 28.9 Å². The quantitative estimate of drug-likeness (QED) is 0.793. The number of likely N-dealkylation sites (tertiary alicyclic amines) is 1. The Morgan fingerprint density at radius 3 is 3.00 bits per heavy atom. The lowest BCUT2D eigenvalue weighted by Crippen LogP contribution is -2.37. The van der Waals surface area contributed by atoms with Crippen LogP contribution in [0.15, 0.2) is 30.4 Å². The average Bonchev–Trinajstić information content (AvgIpc) is 2.74. The number of halogens is 1. The number of piperidine rings is 1. The number of amides is 1. The highest BCUT2D eigenvalue weighted by Gasteiger charge is 2.23. The second kappa shape index (κ2) is 4.78. The number of aromatic amines is 1. The summed E-state index contributed by atoms with van der Waals surface area (Å²) in [4.78, 5) is 17.4. The first-order valence-electron chi connectivity index (χ1n) is 6.80. The smallest absolute Gasteiger partial charge is 0.270 e. The predicted molar refractivity (Wildman–Crippen MR) is 77.3 cm³/mol. The first kappa shape index (κ1) is 12.9. The molecule has 0 radical (unpaired) electrons. The highest BCUT2D eigenvalue weighted by atomic mass is 19.1. The number of benzene rings is 1. The Bertz CT molecular complexity index is 702. The summed E-state index contributed by atoms with van der Waals surface area (Å²) in [6, 6.07) is 4.55. The highest BCUT2D eigenvalue weighted by Crippen LogP contribution is 2.25. The maximum Gasteiger partial charge on any atom is 0.270 e. The minimum atomic E-state index is -0.302. The third-order valence-corrected chi connectivity index (χ3v) is 3.89. The Balaban J connectivity index is 1.99. The molecule has 1 aliphatic rings. The van der Waals surface area contributed by atoms with Crippen LogP contribution in [0.5, 0.6) is 0 Å². The molecule has 0 atom stereocenters. The molecule has 0 spiro atoms. The average molecular weight is 272 g/mol. The highest BCUT2D eigenvalue weighted by molar-refractivity contribution is 6.01. The molecule has 0 bridgehead atoms. The van der Waals surface area contributed by atoms with Crippen molar-refractivity contribution in [3.05, 3.63) is 47.4 Å². The third kappa shape index (κ3) is 2.11. The van der Waals surface area contributed by atoms with Gasteiger partial charge in [-0.3, -0.25) is 4.79 Å². The number of carbonyl (C=O) groups excluding carboxylic acids is 1. The van der Waals surface area contributed by atoms with Crippen LogP contribution < -0.4 is 0 Å². The van der Waals surface area contributed by atoms with Gasteiger partial charge in [-0.05, 0) is 43.5 Å². The second-order valence-corrected chi connectivity index (χ2v) is 5.40. The van der Waals surface area contributed by atoms with E-state index in [4.69, 9.17) is 0 Å². The predicted octanol–water partition coefficient (Wildman–Crippen LogP) is 3.41. The Labute approximate surface area is 117 Å². The van der Waals surface area contributed by atoms with E-state index in [2.05, 4.69) is 11.6 Å². The van der Waals surface area contributed by atoms with E-state index in [0.29, 0.717) is 17.8 Å². The first-order chi connectivity index (χ1) is 9.56. The van der Waals surface area contributed by atoms with Crippen LogP contribution in [0.3, 0.4) is 0 Å². The summed E-state index contributed by atoms with van der Waals surface area (Å²) in [7, 11) is 0. The van der Waals surface area contributed by atoms with Crippen LogP contribution >= 0.6 is 0 Å². The summed E-state index contributed by atoms with van der Waals surface area (Å²) in [5.74, 6) is -0.330. The minimum Gasteiger partial charge on any atom is -0.350 e. The second-order valence-electron chi connectivity index (χ2n) is 5.40. The van der Waals surface area contributed by atoms with Crippen molar-refractivity contribution in [1.29, 1.82) is 0 Å². The van der Waals surface area contributed by atoms with Crippen molar-refractivity contribution >= 4 is 16.8 Å². The number of nitrogens with one attached hydrogen (secondary N) is 1. The molecule has 0 unspecified atom stereocenters. The molecule has 1 saturated heterocycles. The molecule has 104 valence electrons. The number of aromatic nitrogens is 1. The summed E-state index contributed by atoms with van der Waals surface area (Å²) >= 11 is 0. The lowest BCUT2D eigenvalue weighted by molar-refractivity contribution is 0.0747. The topological polar surface area (TPSA) is 36.1 Å². The molecule has 0 saturated carbocycles. The standard InChI is InChI=1S/C16H17FN2O/c1-10-4-3-7-19(9-10)16(20)15-11(2)13-6-5-12(17)8-14(13)18-15/h5-6,8,18H,1,3-4,7,9H2,2H3. The van der Waals surface area contributed by atoms with E-state index in [1.54, 1.807) is 11.0 Å². The largest absolute Gasteiger partial charge is 0.350 e. The maximum atomic E-state index is 13.3. The summed E-state index contributed by atoms with van der Waals surface area (Å²) in [5.41, 5.74) is 3.19. The van der Waals surface area contributed by atoms with Crippen LogP contribution in [0, 0.1) is 12.7 Å². The van der Waals surface area contributed by atoms with Crippen molar-refractivity contribution in [2.75, 3.05) is 13.1 Å². The Morgan fingerprint density at radius 2 is 2.25 bits per heavy atom. The van der Waals surface area contributed by atoms with Gasteiger partial charge in [0.2, 0.25) is 0 Å². The summed E-state index contributed by atoms with van der Waals surface area (Å²) in [6.45, 7) is 7.22. The Kier molecular flexibility index (Phi) is 3.08. The lowest BCUT2D eigenvalue weighted by Gasteiger charge is -2.28. The van der Waals surface area contributed by atoms with Crippen molar-refractivity contribution < 1.29 is 9.18 Å². The van der Waals surface area contributed by atoms with Gasteiger partial charge in [-0.25, -0.2) is 4.39 Å². The molecule has 4 heteroatoms. The Morgan fingerprint density at radius 1 is 1.45 bits per heavy atom. The first-order valence-corrected chi connectivity index (χ1v) is 6.80. The van der Waals surface area contributed by atoms with Crippen LogP contribution in [0.4, 0.5) is 4.39 Å².